The van der Waals surface area contributed by atoms with Gasteiger partial charge in [-0.05, 0) is 18.4 Å². The molecule has 0 saturated carbocycles. The molecular formula is C11H20N2O3S2. The summed E-state index contributed by atoms with van der Waals surface area (Å²) in [6.45, 7) is 3.57. The van der Waals surface area contributed by atoms with Crippen LogP contribution in [-0.2, 0) is 9.59 Å². The Kier molecular flexibility index (Phi) is 9.90. The maximum atomic E-state index is 11.7. The maximum Gasteiger partial charge on any atom is 0.326 e. The number of nitrogens with one attached hydrogen (secondary N) is 1. The van der Waals surface area contributed by atoms with E-state index in [4.69, 9.17) is 10.8 Å². The topological polar surface area (TPSA) is 92.4 Å². The van der Waals surface area contributed by atoms with Gasteiger partial charge in [0.25, 0.3) is 0 Å². The molecule has 7 heteroatoms. The number of hydrogen-bond acceptors (Lipinski definition) is 5. The smallest absolute Gasteiger partial charge is 0.326 e. The van der Waals surface area contributed by atoms with Crippen molar-refractivity contribution in [1.29, 1.82) is 0 Å². The second-order valence-corrected chi connectivity index (χ2v) is 5.67. The summed E-state index contributed by atoms with van der Waals surface area (Å²) in [5, 5.41) is 11.4. The maximum absolute atomic E-state index is 11.7. The number of carbonyl (C=O) groups excluding carboxylic acids is 1. The number of nitrogens with two attached hydrogens (primary N) is 1. The van der Waals surface area contributed by atoms with Crippen molar-refractivity contribution in [3.05, 3.63) is 12.7 Å². The molecule has 0 aliphatic carbocycles. The minimum absolute atomic E-state index is 0.398. The lowest BCUT2D eigenvalue weighted by atomic mass is 10.2. The van der Waals surface area contributed by atoms with E-state index in [2.05, 4.69) is 11.9 Å². The van der Waals surface area contributed by atoms with Gasteiger partial charge in [0.2, 0.25) is 5.91 Å². The number of thioether (sulfide) groups is 2. The predicted octanol–water partition coefficient (Wildman–Crippen LogP) is 0.555. The Bertz CT molecular complexity index is 287. The van der Waals surface area contributed by atoms with Crippen molar-refractivity contribution in [1.82, 2.24) is 5.32 Å². The van der Waals surface area contributed by atoms with Crippen molar-refractivity contribution in [3.8, 4) is 0 Å². The van der Waals surface area contributed by atoms with Crippen LogP contribution in [0.1, 0.15) is 6.42 Å². The number of carboxylic acid groups (broad SMARTS) is 1. The molecule has 0 radical (unpaired) electrons. The van der Waals surface area contributed by atoms with Gasteiger partial charge in [0.15, 0.2) is 0 Å². The van der Waals surface area contributed by atoms with Gasteiger partial charge in [-0.1, -0.05) is 6.08 Å². The molecule has 0 saturated heterocycles. The fraction of sp³-hybridized carbons (Fsp3) is 0.636. The van der Waals surface area contributed by atoms with Crippen LogP contribution in [0.15, 0.2) is 12.7 Å². The highest BCUT2D eigenvalue weighted by Gasteiger charge is 2.22. The van der Waals surface area contributed by atoms with Gasteiger partial charge in [0.1, 0.15) is 6.04 Å². The summed E-state index contributed by atoms with van der Waals surface area (Å²) in [4.78, 5) is 22.6. The highest BCUT2D eigenvalue weighted by molar-refractivity contribution is 7.99. The molecule has 0 aromatic carbocycles. The molecular weight excluding hydrogens is 272 g/mol. The van der Waals surface area contributed by atoms with Gasteiger partial charge in [0.05, 0.1) is 6.04 Å². The molecule has 0 aliphatic heterocycles. The fourth-order valence-corrected chi connectivity index (χ4v) is 2.31. The standard InChI is InChI=1S/C11H20N2O3S2/c1-3-5-18-7-8(12)10(14)13-9(11(15)16)4-6-17-2/h3,8-9H,1,4-7,12H2,2H3,(H,13,14)(H,15,16)/t8?,9-/m0/s1. The lowest BCUT2D eigenvalue weighted by Gasteiger charge is -2.17. The highest BCUT2D eigenvalue weighted by Crippen LogP contribution is 2.04. The minimum Gasteiger partial charge on any atom is -0.480 e. The summed E-state index contributed by atoms with van der Waals surface area (Å²) >= 11 is 3.03. The zero-order chi connectivity index (χ0) is 14.0. The van der Waals surface area contributed by atoms with E-state index in [1.165, 1.54) is 23.5 Å². The van der Waals surface area contributed by atoms with Crippen LogP contribution >= 0.6 is 23.5 Å². The lowest BCUT2D eigenvalue weighted by Crippen LogP contribution is -2.49. The third-order valence-electron chi connectivity index (χ3n) is 2.10. The van der Waals surface area contributed by atoms with Crippen LogP contribution in [0.2, 0.25) is 0 Å². The first-order valence-corrected chi connectivity index (χ1v) is 8.04. The van der Waals surface area contributed by atoms with Crippen molar-refractivity contribution >= 4 is 35.4 Å². The van der Waals surface area contributed by atoms with E-state index in [1.54, 1.807) is 6.08 Å². The van der Waals surface area contributed by atoms with Gasteiger partial charge in [-0.25, -0.2) is 4.79 Å². The van der Waals surface area contributed by atoms with Gasteiger partial charge in [-0.2, -0.15) is 23.5 Å². The first kappa shape index (κ1) is 17.3. The van der Waals surface area contributed by atoms with E-state index in [0.717, 1.165) is 5.75 Å². The van der Waals surface area contributed by atoms with E-state index < -0.39 is 24.0 Å². The Morgan fingerprint density at radius 3 is 2.72 bits per heavy atom. The summed E-state index contributed by atoms with van der Waals surface area (Å²) in [7, 11) is 0. The van der Waals surface area contributed by atoms with Crippen molar-refractivity contribution in [3.63, 3.8) is 0 Å². The first-order valence-electron chi connectivity index (χ1n) is 5.49. The first-order chi connectivity index (χ1) is 8.52. The molecule has 0 fully saturated rings. The van der Waals surface area contributed by atoms with Gasteiger partial charge in [-0.15, -0.1) is 6.58 Å². The van der Waals surface area contributed by atoms with Crippen molar-refractivity contribution in [2.75, 3.05) is 23.5 Å². The molecule has 0 aromatic rings. The number of rotatable bonds is 10. The van der Waals surface area contributed by atoms with Gasteiger partial charge >= 0.3 is 5.97 Å². The molecule has 2 atom stereocenters. The zero-order valence-corrected chi connectivity index (χ0v) is 12.1. The fourth-order valence-electron chi connectivity index (χ4n) is 1.13. The molecule has 0 rings (SSSR count). The average molecular weight is 292 g/mol. The third kappa shape index (κ3) is 7.62. The third-order valence-corrected chi connectivity index (χ3v) is 3.81. The van der Waals surface area contributed by atoms with Crippen molar-refractivity contribution in [2.45, 2.75) is 18.5 Å². The number of aliphatic carboxylic acids is 1. The SMILES string of the molecule is C=CCSCC(N)C(=O)N[C@@H](CCSC)C(=O)O. The summed E-state index contributed by atoms with van der Waals surface area (Å²) in [5.74, 6) is 0.406. The Hall–Kier alpha value is -0.660. The van der Waals surface area contributed by atoms with Crippen LogP contribution in [0.3, 0.4) is 0 Å². The normalized spacial score (nSPS) is 13.7. The Morgan fingerprint density at radius 2 is 2.22 bits per heavy atom. The number of hydrogen-bond donors (Lipinski definition) is 3. The van der Waals surface area contributed by atoms with Crippen molar-refractivity contribution < 1.29 is 14.7 Å². The highest BCUT2D eigenvalue weighted by atomic mass is 32.2. The van der Waals surface area contributed by atoms with Gasteiger partial charge in [-0.3, -0.25) is 4.79 Å². The second-order valence-electron chi connectivity index (χ2n) is 3.61. The molecule has 0 heterocycles. The van der Waals surface area contributed by atoms with E-state index in [0.29, 0.717) is 17.9 Å². The molecule has 0 spiro atoms. The molecule has 0 aromatic heterocycles. The summed E-state index contributed by atoms with van der Waals surface area (Å²) in [5.41, 5.74) is 5.67. The lowest BCUT2D eigenvalue weighted by molar-refractivity contribution is -0.141. The van der Waals surface area contributed by atoms with E-state index in [9.17, 15) is 9.59 Å². The van der Waals surface area contributed by atoms with Crippen LogP contribution in [0, 0.1) is 0 Å². The van der Waals surface area contributed by atoms with Crippen LogP contribution in [0.4, 0.5) is 0 Å². The molecule has 1 amide bonds. The van der Waals surface area contributed by atoms with E-state index in [-0.39, 0.29) is 0 Å². The van der Waals surface area contributed by atoms with E-state index in [1.807, 2.05) is 6.26 Å². The Labute approximate surface area is 116 Å². The molecule has 5 nitrogen and oxygen atoms in total. The van der Waals surface area contributed by atoms with Crippen LogP contribution in [0.25, 0.3) is 0 Å². The monoisotopic (exact) mass is 292 g/mol. The number of amides is 1. The predicted molar refractivity (Wildman–Crippen MR) is 78.1 cm³/mol. The molecule has 0 aliphatic rings. The molecule has 18 heavy (non-hydrogen) atoms. The van der Waals surface area contributed by atoms with Crippen LogP contribution in [0.5, 0.6) is 0 Å². The quantitative estimate of drug-likeness (QED) is 0.402. The average Bonchev–Trinajstić information content (AvgIpc) is 2.33. The summed E-state index contributed by atoms with van der Waals surface area (Å²) in [6, 6.07) is -1.55. The van der Waals surface area contributed by atoms with Crippen molar-refractivity contribution in [2.24, 2.45) is 5.73 Å². The van der Waals surface area contributed by atoms with E-state index >= 15 is 0 Å². The zero-order valence-electron chi connectivity index (χ0n) is 10.4. The Balaban J connectivity index is 4.14. The molecule has 104 valence electrons. The number of carbonyl (C=O) groups is 2. The molecule has 0 bridgehead atoms. The number of carboxylic acids is 1. The Morgan fingerprint density at radius 1 is 1.56 bits per heavy atom. The van der Waals surface area contributed by atoms with Crippen LogP contribution in [-0.4, -0.2) is 52.6 Å². The van der Waals surface area contributed by atoms with Gasteiger partial charge in [0, 0.05) is 11.5 Å². The molecule has 4 N–H and O–H groups in total. The van der Waals surface area contributed by atoms with Gasteiger partial charge < -0.3 is 16.2 Å². The largest absolute Gasteiger partial charge is 0.480 e. The summed E-state index contributed by atoms with van der Waals surface area (Å²) < 4.78 is 0. The minimum atomic E-state index is -1.02. The second kappa shape index (κ2) is 10.3. The van der Waals surface area contributed by atoms with Crippen LogP contribution < -0.4 is 11.1 Å². The molecule has 1 unspecified atom stereocenters. The summed E-state index contributed by atoms with van der Waals surface area (Å²) in [6.07, 6.45) is 4.01.